The number of pyridine rings is 1. The van der Waals surface area contributed by atoms with E-state index in [1.54, 1.807) is 6.07 Å². The molecule has 1 saturated heterocycles. The van der Waals surface area contributed by atoms with Gasteiger partial charge in [-0.3, -0.25) is 0 Å². The number of carbonyl (C=O) groups excluding carboxylic acids is 1. The molecule has 0 aliphatic carbocycles. The van der Waals surface area contributed by atoms with Crippen LogP contribution >= 0.6 is 0 Å². The summed E-state index contributed by atoms with van der Waals surface area (Å²) in [6.07, 6.45) is -1.25. The lowest BCUT2D eigenvalue weighted by atomic mass is 9.91. The van der Waals surface area contributed by atoms with E-state index in [1.165, 1.54) is 12.0 Å². The van der Waals surface area contributed by atoms with Gasteiger partial charge in [0, 0.05) is 24.7 Å². The van der Waals surface area contributed by atoms with Crippen molar-refractivity contribution in [2.75, 3.05) is 20.2 Å². The zero-order valence-electron chi connectivity index (χ0n) is 13.7. The van der Waals surface area contributed by atoms with Crippen molar-refractivity contribution in [3.05, 3.63) is 29.6 Å². The molecule has 1 aliphatic rings. The van der Waals surface area contributed by atoms with E-state index in [4.69, 9.17) is 9.84 Å². The number of piperidine rings is 1. The maximum atomic E-state index is 11.5. The molecule has 1 aromatic heterocycles. The lowest BCUT2D eigenvalue weighted by Crippen LogP contribution is -2.41. The van der Waals surface area contributed by atoms with Gasteiger partial charge in [-0.25, -0.2) is 14.6 Å². The number of likely N-dealkylation sites (tertiary alicyclic amines) is 1. The number of carboxylic acid groups (broad SMARTS) is 1. The summed E-state index contributed by atoms with van der Waals surface area (Å²) in [7, 11) is 1.24. The Hall–Kier alpha value is -2.75. The van der Waals surface area contributed by atoms with Crippen molar-refractivity contribution in [3.8, 4) is 11.8 Å². The molecule has 1 aromatic rings. The van der Waals surface area contributed by atoms with E-state index >= 15 is 0 Å². The highest BCUT2D eigenvalue weighted by Crippen LogP contribution is 2.23. The number of aromatic nitrogens is 1. The highest BCUT2D eigenvalue weighted by Gasteiger charge is 2.30. The fraction of sp³-hybridized carbons (Fsp3) is 0.471. The highest BCUT2D eigenvalue weighted by atomic mass is 16.7. The number of ether oxygens (including phenoxy) is 2. The molecule has 0 saturated carbocycles. The second-order valence-corrected chi connectivity index (χ2v) is 5.53. The van der Waals surface area contributed by atoms with Crippen molar-refractivity contribution in [2.45, 2.75) is 25.9 Å². The largest absolute Gasteiger partial charge is 0.509 e. The van der Waals surface area contributed by atoms with Crippen LogP contribution in [0.1, 0.15) is 24.2 Å². The van der Waals surface area contributed by atoms with Gasteiger partial charge in [-0.1, -0.05) is 12.0 Å². The molecule has 128 valence electrons. The molecule has 1 N–H and O–H groups in total. The summed E-state index contributed by atoms with van der Waals surface area (Å²) in [5.41, 5.74) is 1.44. The first-order chi connectivity index (χ1) is 11.5. The molecule has 0 spiro atoms. The monoisotopic (exact) mass is 332 g/mol. The minimum absolute atomic E-state index is 0.0444. The summed E-state index contributed by atoms with van der Waals surface area (Å²) in [4.78, 5) is 28.1. The van der Waals surface area contributed by atoms with Gasteiger partial charge in [0.1, 0.15) is 5.69 Å². The number of amides is 1. The molecule has 7 heteroatoms. The molecule has 0 aromatic carbocycles. The van der Waals surface area contributed by atoms with Gasteiger partial charge in [0.2, 0.25) is 0 Å². The van der Waals surface area contributed by atoms with Gasteiger partial charge in [0.05, 0.1) is 7.11 Å². The second kappa shape index (κ2) is 8.20. The first-order valence-corrected chi connectivity index (χ1v) is 7.67. The van der Waals surface area contributed by atoms with E-state index in [-0.39, 0.29) is 5.92 Å². The average Bonchev–Trinajstić information content (AvgIpc) is 2.58. The predicted octanol–water partition coefficient (Wildman–Crippen LogP) is 2.28. The Morgan fingerprint density at radius 2 is 2.08 bits per heavy atom. The molecule has 1 unspecified atom stereocenters. The van der Waals surface area contributed by atoms with Crippen LogP contribution in [0, 0.1) is 24.7 Å². The van der Waals surface area contributed by atoms with E-state index in [9.17, 15) is 9.59 Å². The molecule has 2 heterocycles. The van der Waals surface area contributed by atoms with Crippen LogP contribution < -0.4 is 0 Å². The van der Waals surface area contributed by atoms with Crippen LogP contribution in [0.25, 0.3) is 0 Å². The highest BCUT2D eigenvalue weighted by molar-refractivity contribution is 5.65. The molecule has 1 fully saturated rings. The number of hydrogen-bond donors (Lipinski definition) is 1. The summed E-state index contributed by atoms with van der Waals surface area (Å²) >= 11 is 0. The molecule has 0 radical (unpaired) electrons. The van der Waals surface area contributed by atoms with Gasteiger partial charge >= 0.3 is 12.2 Å². The van der Waals surface area contributed by atoms with Crippen LogP contribution in [0.4, 0.5) is 9.59 Å². The van der Waals surface area contributed by atoms with Crippen molar-refractivity contribution >= 4 is 12.2 Å². The number of carbonyl (C=O) groups is 2. The molecule has 2 rings (SSSR count). The Morgan fingerprint density at radius 3 is 2.67 bits per heavy atom. The van der Waals surface area contributed by atoms with Gasteiger partial charge < -0.3 is 19.5 Å². The Bertz CT molecular complexity index is 656. The lowest BCUT2D eigenvalue weighted by Gasteiger charge is -2.32. The molecule has 24 heavy (non-hydrogen) atoms. The van der Waals surface area contributed by atoms with Crippen molar-refractivity contribution in [1.29, 1.82) is 0 Å². The summed E-state index contributed by atoms with van der Waals surface area (Å²) in [6.45, 7) is 2.66. The number of aryl methyl sites for hydroxylation is 1. The molecule has 1 aliphatic heterocycles. The van der Waals surface area contributed by atoms with Crippen molar-refractivity contribution in [1.82, 2.24) is 9.88 Å². The normalized spacial score (nSPS) is 15.8. The van der Waals surface area contributed by atoms with E-state index in [2.05, 4.69) is 21.6 Å². The first-order valence-electron chi connectivity index (χ1n) is 7.67. The van der Waals surface area contributed by atoms with E-state index in [0.29, 0.717) is 31.6 Å². The SMILES string of the molecule is COC(=O)OC(C#Cc1cccc(C)n1)C1CCN(C(=O)O)CC1. The van der Waals surface area contributed by atoms with Crippen LogP contribution in [-0.2, 0) is 9.47 Å². The molecule has 1 atom stereocenters. The van der Waals surface area contributed by atoms with Crippen LogP contribution in [0.3, 0.4) is 0 Å². The minimum atomic E-state index is -0.936. The third-order valence-electron chi connectivity index (χ3n) is 3.86. The Labute approximate surface area is 140 Å². The number of nitrogens with zero attached hydrogens (tertiary/aromatic N) is 2. The van der Waals surface area contributed by atoms with Crippen LogP contribution in [-0.4, -0.2) is 53.5 Å². The maximum absolute atomic E-state index is 11.5. The minimum Gasteiger partial charge on any atom is -0.465 e. The molecular weight excluding hydrogens is 312 g/mol. The molecular formula is C17H20N2O5. The predicted molar refractivity (Wildman–Crippen MR) is 85.5 cm³/mol. The third kappa shape index (κ3) is 4.88. The van der Waals surface area contributed by atoms with Gasteiger partial charge in [0.15, 0.2) is 6.10 Å². The second-order valence-electron chi connectivity index (χ2n) is 5.53. The van der Waals surface area contributed by atoms with Gasteiger partial charge in [-0.05, 0) is 37.8 Å². The fourth-order valence-electron chi connectivity index (χ4n) is 2.55. The van der Waals surface area contributed by atoms with Crippen molar-refractivity contribution < 1.29 is 24.2 Å². The van der Waals surface area contributed by atoms with E-state index < -0.39 is 18.4 Å². The van der Waals surface area contributed by atoms with Gasteiger partial charge in [-0.15, -0.1) is 0 Å². The smallest absolute Gasteiger partial charge is 0.465 e. The summed E-state index contributed by atoms with van der Waals surface area (Å²) < 4.78 is 9.81. The third-order valence-corrected chi connectivity index (χ3v) is 3.86. The average molecular weight is 332 g/mol. The number of methoxy groups -OCH3 is 1. The van der Waals surface area contributed by atoms with Crippen molar-refractivity contribution in [3.63, 3.8) is 0 Å². The molecule has 0 bridgehead atoms. The first kappa shape index (κ1) is 17.6. The van der Waals surface area contributed by atoms with Crippen LogP contribution in [0.5, 0.6) is 0 Å². The van der Waals surface area contributed by atoms with Crippen LogP contribution in [0.2, 0.25) is 0 Å². The Morgan fingerprint density at radius 1 is 1.38 bits per heavy atom. The summed E-state index contributed by atoms with van der Waals surface area (Å²) in [5, 5.41) is 9.01. The van der Waals surface area contributed by atoms with E-state index in [1.807, 2.05) is 19.1 Å². The fourth-order valence-corrected chi connectivity index (χ4v) is 2.55. The quantitative estimate of drug-likeness (QED) is 0.660. The summed E-state index contributed by atoms with van der Waals surface area (Å²) in [6, 6.07) is 5.51. The Kier molecular flexibility index (Phi) is 6.01. The number of hydrogen-bond acceptors (Lipinski definition) is 5. The van der Waals surface area contributed by atoms with E-state index in [0.717, 1.165) is 5.69 Å². The van der Waals surface area contributed by atoms with Crippen LogP contribution in [0.15, 0.2) is 18.2 Å². The van der Waals surface area contributed by atoms with Crippen molar-refractivity contribution in [2.24, 2.45) is 5.92 Å². The Balaban J connectivity index is 2.11. The maximum Gasteiger partial charge on any atom is 0.509 e. The van der Waals surface area contributed by atoms with Gasteiger partial charge in [-0.2, -0.15) is 0 Å². The standard InChI is InChI=1S/C17H20N2O5/c1-12-4-3-5-14(18-12)6-7-15(24-17(22)23-2)13-8-10-19(11-9-13)16(20)21/h3-5,13,15H,8-11H2,1-2H3,(H,20,21). The summed E-state index contributed by atoms with van der Waals surface area (Å²) in [5.74, 6) is 5.82. The lowest BCUT2D eigenvalue weighted by molar-refractivity contribution is 0.0218. The topological polar surface area (TPSA) is 89.0 Å². The van der Waals surface area contributed by atoms with Gasteiger partial charge in [0.25, 0.3) is 0 Å². The molecule has 7 nitrogen and oxygen atoms in total. The zero-order chi connectivity index (χ0) is 17.5. The number of rotatable bonds is 2. The molecule has 1 amide bonds. The zero-order valence-corrected chi connectivity index (χ0v) is 13.7.